The van der Waals surface area contributed by atoms with Gasteiger partial charge in [-0.05, 0) is 23.8 Å². The predicted octanol–water partition coefficient (Wildman–Crippen LogP) is 3.69. The third kappa shape index (κ3) is 3.68. The van der Waals surface area contributed by atoms with Crippen LogP contribution in [0.25, 0.3) is 11.3 Å². The van der Waals surface area contributed by atoms with Gasteiger partial charge >= 0.3 is 0 Å². The van der Waals surface area contributed by atoms with E-state index in [0.717, 1.165) is 22.5 Å². The van der Waals surface area contributed by atoms with E-state index in [1.165, 1.54) is 18.3 Å². The fourth-order valence-electron chi connectivity index (χ4n) is 2.92. The molecule has 1 aromatic heterocycles. The lowest BCUT2D eigenvalue weighted by Crippen LogP contribution is -2.38. The molecule has 0 saturated heterocycles. The van der Waals surface area contributed by atoms with Crippen molar-refractivity contribution in [1.82, 2.24) is 4.98 Å². The van der Waals surface area contributed by atoms with E-state index in [1.807, 2.05) is 53.9 Å². The monoisotopic (exact) mass is 379 g/mol. The van der Waals surface area contributed by atoms with Crippen LogP contribution in [0.5, 0.6) is 5.75 Å². The van der Waals surface area contributed by atoms with Crippen LogP contribution in [0.3, 0.4) is 0 Å². The number of ether oxygens (including phenoxy) is 1. The van der Waals surface area contributed by atoms with E-state index in [0.29, 0.717) is 17.4 Å². The topological polar surface area (TPSA) is 71.5 Å². The summed E-state index contributed by atoms with van der Waals surface area (Å²) >= 11 is 1.36. The van der Waals surface area contributed by atoms with Crippen LogP contribution in [0.2, 0.25) is 0 Å². The molecule has 0 unspecified atom stereocenters. The zero-order valence-corrected chi connectivity index (χ0v) is 15.5. The number of benzene rings is 2. The van der Waals surface area contributed by atoms with Crippen LogP contribution < -0.4 is 15.0 Å². The molecule has 4 rings (SSSR count). The van der Waals surface area contributed by atoms with Crippen LogP contribution in [-0.2, 0) is 16.1 Å². The van der Waals surface area contributed by atoms with Crippen molar-refractivity contribution in [2.24, 2.45) is 0 Å². The summed E-state index contributed by atoms with van der Waals surface area (Å²) in [5.74, 6) is 0.432. The van der Waals surface area contributed by atoms with Gasteiger partial charge in [0.05, 0.1) is 17.9 Å². The number of rotatable bonds is 4. The van der Waals surface area contributed by atoms with Crippen molar-refractivity contribution in [3.8, 4) is 17.0 Å². The molecule has 2 amide bonds. The Balaban J connectivity index is 1.67. The number of fused-ring (bicyclic) bond motifs is 1. The van der Waals surface area contributed by atoms with Gasteiger partial charge in [-0.15, -0.1) is 11.3 Å². The molecule has 0 fully saturated rings. The number of nitrogens with one attached hydrogen (secondary N) is 1. The minimum Gasteiger partial charge on any atom is -0.482 e. The van der Waals surface area contributed by atoms with Crippen molar-refractivity contribution in [2.45, 2.75) is 13.5 Å². The Hall–Kier alpha value is -3.19. The second-order valence-corrected chi connectivity index (χ2v) is 7.01. The number of hydrogen-bond acceptors (Lipinski definition) is 5. The Morgan fingerprint density at radius 2 is 2.07 bits per heavy atom. The van der Waals surface area contributed by atoms with Crippen molar-refractivity contribution in [1.29, 1.82) is 0 Å². The quantitative estimate of drug-likeness (QED) is 0.750. The van der Waals surface area contributed by atoms with E-state index in [2.05, 4.69) is 10.3 Å². The van der Waals surface area contributed by atoms with E-state index in [9.17, 15) is 9.59 Å². The van der Waals surface area contributed by atoms with E-state index in [1.54, 1.807) is 4.90 Å². The van der Waals surface area contributed by atoms with Crippen molar-refractivity contribution >= 4 is 34.0 Å². The van der Waals surface area contributed by atoms with Gasteiger partial charge in [0, 0.05) is 17.9 Å². The summed E-state index contributed by atoms with van der Waals surface area (Å²) in [4.78, 5) is 29.8. The van der Waals surface area contributed by atoms with Crippen molar-refractivity contribution in [3.05, 3.63) is 59.5 Å². The lowest BCUT2D eigenvalue weighted by molar-refractivity contribution is -0.121. The highest BCUT2D eigenvalue weighted by Gasteiger charge is 2.26. The van der Waals surface area contributed by atoms with Crippen LogP contribution in [0.1, 0.15) is 12.5 Å². The molecule has 0 aliphatic carbocycles. The summed E-state index contributed by atoms with van der Waals surface area (Å²) in [7, 11) is 0. The van der Waals surface area contributed by atoms with Gasteiger partial charge in [-0.25, -0.2) is 4.98 Å². The minimum absolute atomic E-state index is 0.0303. The SMILES string of the molecule is CC(=O)Nc1nc(-c2ccc3c(c2)N(Cc2ccccc2)C(=O)CO3)cs1. The van der Waals surface area contributed by atoms with Crippen molar-refractivity contribution < 1.29 is 14.3 Å². The zero-order valence-electron chi connectivity index (χ0n) is 14.6. The molecule has 6 nitrogen and oxygen atoms in total. The predicted molar refractivity (Wildman–Crippen MR) is 105 cm³/mol. The number of nitrogens with zero attached hydrogens (tertiary/aromatic N) is 2. The van der Waals surface area contributed by atoms with Gasteiger partial charge in [0.1, 0.15) is 5.75 Å². The standard InChI is InChI=1S/C20H17N3O3S/c1-13(24)21-20-22-16(12-27-20)15-7-8-18-17(9-15)23(19(25)11-26-18)10-14-5-3-2-4-6-14/h2-9,12H,10-11H2,1H3,(H,21,22,24). The van der Waals surface area contributed by atoms with Gasteiger partial charge in [0.25, 0.3) is 5.91 Å². The molecule has 1 aliphatic rings. The van der Waals surface area contributed by atoms with Gasteiger partial charge in [-0.1, -0.05) is 30.3 Å². The van der Waals surface area contributed by atoms with Crippen molar-refractivity contribution in [3.63, 3.8) is 0 Å². The molecule has 0 spiro atoms. The molecule has 0 bridgehead atoms. The Bertz CT molecular complexity index is 1000. The highest BCUT2D eigenvalue weighted by molar-refractivity contribution is 7.14. The molecule has 2 aromatic carbocycles. The third-order valence-electron chi connectivity index (χ3n) is 4.17. The molecule has 0 saturated carbocycles. The molecule has 136 valence electrons. The number of carbonyl (C=O) groups is 2. The molecular formula is C20H17N3O3S. The van der Waals surface area contributed by atoms with Gasteiger partial charge in [0.2, 0.25) is 5.91 Å². The largest absolute Gasteiger partial charge is 0.482 e. The summed E-state index contributed by atoms with van der Waals surface area (Å²) in [5.41, 5.74) is 3.37. The smallest absolute Gasteiger partial charge is 0.265 e. The molecular weight excluding hydrogens is 362 g/mol. The maximum Gasteiger partial charge on any atom is 0.265 e. The van der Waals surface area contributed by atoms with Gasteiger partial charge in [-0.2, -0.15) is 0 Å². The molecule has 1 N–H and O–H groups in total. The third-order valence-corrected chi connectivity index (χ3v) is 4.93. The first-order chi connectivity index (χ1) is 13.1. The maximum atomic E-state index is 12.5. The summed E-state index contributed by atoms with van der Waals surface area (Å²) in [6.45, 7) is 1.96. The Morgan fingerprint density at radius 3 is 2.85 bits per heavy atom. The lowest BCUT2D eigenvalue weighted by Gasteiger charge is -2.29. The second kappa shape index (κ2) is 7.20. The van der Waals surface area contributed by atoms with Crippen molar-refractivity contribution in [2.75, 3.05) is 16.8 Å². The highest BCUT2D eigenvalue weighted by Crippen LogP contribution is 2.37. The Labute approximate surface area is 160 Å². The van der Waals surface area contributed by atoms with Crippen LogP contribution in [0.15, 0.2) is 53.9 Å². The van der Waals surface area contributed by atoms with Crippen LogP contribution in [-0.4, -0.2) is 23.4 Å². The van der Waals surface area contributed by atoms with E-state index in [4.69, 9.17) is 4.74 Å². The summed E-state index contributed by atoms with van der Waals surface area (Å²) in [6.07, 6.45) is 0. The molecule has 2 heterocycles. The first-order valence-corrected chi connectivity index (χ1v) is 9.33. The van der Waals surface area contributed by atoms with E-state index < -0.39 is 0 Å². The van der Waals surface area contributed by atoms with E-state index >= 15 is 0 Å². The fraction of sp³-hybridized carbons (Fsp3) is 0.150. The van der Waals surface area contributed by atoms with E-state index in [-0.39, 0.29) is 18.4 Å². The molecule has 0 atom stereocenters. The van der Waals surface area contributed by atoms with Crippen LogP contribution in [0.4, 0.5) is 10.8 Å². The first-order valence-electron chi connectivity index (χ1n) is 8.45. The Morgan fingerprint density at radius 1 is 1.26 bits per heavy atom. The number of amides is 2. The zero-order chi connectivity index (χ0) is 18.8. The molecule has 3 aromatic rings. The molecule has 27 heavy (non-hydrogen) atoms. The average Bonchev–Trinajstić information content (AvgIpc) is 3.12. The van der Waals surface area contributed by atoms with Gasteiger partial charge in [0.15, 0.2) is 11.7 Å². The number of anilines is 2. The second-order valence-electron chi connectivity index (χ2n) is 6.16. The number of aromatic nitrogens is 1. The van der Waals surface area contributed by atoms with Gasteiger partial charge in [-0.3, -0.25) is 9.59 Å². The molecule has 7 heteroatoms. The Kier molecular flexibility index (Phi) is 4.60. The minimum atomic E-state index is -0.158. The normalized spacial score (nSPS) is 13.1. The summed E-state index contributed by atoms with van der Waals surface area (Å²) < 4.78 is 5.59. The first kappa shape index (κ1) is 17.2. The van der Waals surface area contributed by atoms with Crippen LogP contribution in [0, 0.1) is 0 Å². The summed E-state index contributed by atoms with van der Waals surface area (Å²) in [5, 5.41) is 5.11. The van der Waals surface area contributed by atoms with Crippen LogP contribution >= 0.6 is 11.3 Å². The number of thiazole rings is 1. The fourth-order valence-corrected chi connectivity index (χ4v) is 3.68. The molecule has 1 aliphatic heterocycles. The lowest BCUT2D eigenvalue weighted by atomic mass is 10.1. The highest BCUT2D eigenvalue weighted by atomic mass is 32.1. The average molecular weight is 379 g/mol. The summed E-state index contributed by atoms with van der Waals surface area (Å²) in [6, 6.07) is 15.5. The maximum absolute atomic E-state index is 12.5. The number of carbonyl (C=O) groups excluding carboxylic acids is 2. The number of hydrogen-bond donors (Lipinski definition) is 1. The van der Waals surface area contributed by atoms with Gasteiger partial charge < -0.3 is 15.0 Å². The molecule has 0 radical (unpaired) electrons.